The number of hydrogen-bond donors (Lipinski definition) is 2. The van der Waals surface area contributed by atoms with Crippen molar-refractivity contribution in [3.63, 3.8) is 0 Å². The first kappa shape index (κ1) is 17.2. The minimum Gasteiger partial charge on any atom is -0.481 e. The first-order valence-corrected chi connectivity index (χ1v) is 8.71. The van der Waals surface area contributed by atoms with Gasteiger partial charge >= 0.3 is 11.9 Å². The predicted molar refractivity (Wildman–Crippen MR) is 95.8 cm³/mol. The number of aryl methyl sites for hydroxylation is 1. The Hall–Kier alpha value is -2.62. The van der Waals surface area contributed by atoms with Crippen molar-refractivity contribution < 1.29 is 19.8 Å². The zero-order valence-electron chi connectivity index (χ0n) is 14.1. The summed E-state index contributed by atoms with van der Waals surface area (Å²) in [6.07, 6.45) is 3.85. The molecule has 0 spiro atoms. The van der Waals surface area contributed by atoms with Crippen molar-refractivity contribution in [3.8, 4) is 11.1 Å². The zero-order valence-corrected chi connectivity index (χ0v) is 14.1. The van der Waals surface area contributed by atoms with E-state index >= 15 is 0 Å². The largest absolute Gasteiger partial charge is 0.481 e. The molecule has 0 aromatic heterocycles. The molecule has 2 N–H and O–H groups in total. The van der Waals surface area contributed by atoms with Crippen molar-refractivity contribution >= 4 is 11.9 Å². The van der Waals surface area contributed by atoms with E-state index in [1.54, 1.807) is 0 Å². The Kier molecular flexibility index (Phi) is 5.17. The molecule has 0 fully saturated rings. The van der Waals surface area contributed by atoms with Crippen molar-refractivity contribution in [3.05, 3.63) is 58.7 Å². The second kappa shape index (κ2) is 7.51. The fourth-order valence-corrected chi connectivity index (χ4v) is 3.72. The van der Waals surface area contributed by atoms with Crippen LogP contribution in [0.5, 0.6) is 0 Å². The number of rotatable bonds is 8. The second-order valence-electron chi connectivity index (χ2n) is 6.56. The molecule has 2 aromatic carbocycles. The van der Waals surface area contributed by atoms with Crippen LogP contribution in [0.2, 0.25) is 0 Å². The van der Waals surface area contributed by atoms with Crippen LogP contribution in [-0.2, 0) is 28.9 Å². The number of carboxylic acid groups (broad SMARTS) is 2. The average molecular weight is 338 g/mol. The quantitative estimate of drug-likeness (QED) is 0.649. The van der Waals surface area contributed by atoms with E-state index in [0.717, 1.165) is 24.8 Å². The van der Waals surface area contributed by atoms with Crippen molar-refractivity contribution in [1.29, 1.82) is 0 Å². The Morgan fingerprint density at radius 3 is 2.24 bits per heavy atom. The van der Waals surface area contributed by atoms with Gasteiger partial charge in [0.2, 0.25) is 0 Å². The highest BCUT2D eigenvalue weighted by Gasteiger charge is 2.22. The van der Waals surface area contributed by atoms with E-state index in [-0.39, 0.29) is 12.8 Å². The molecule has 0 saturated carbocycles. The molecule has 25 heavy (non-hydrogen) atoms. The lowest BCUT2D eigenvalue weighted by molar-refractivity contribution is -0.138. The summed E-state index contributed by atoms with van der Waals surface area (Å²) in [5.74, 6) is -1.55. The fraction of sp³-hybridized carbons (Fsp3) is 0.333. The highest BCUT2D eigenvalue weighted by Crippen LogP contribution is 2.40. The van der Waals surface area contributed by atoms with Gasteiger partial charge in [-0.3, -0.25) is 9.59 Å². The minimum atomic E-state index is -0.777. The average Bonchev–Trinajstić information content (AvgIpc) is 2.94. The lowest BCUT2D eigenvalue weighted by Gasteiger charge is -2.15. The molecule has 2 aromatic rings. The SMILES string of the molecule is O=C(O)CCCc1ccc2c(c1CCCC(=O)O)Cc1ccccc1-2. The summed E-state index contributed by atoms with van der Waals surface area (Å²) in [6, 6.07) is 12.6. The smallest absolute Gasteiger partial charge is 0.303 e. The van der Waals surface area contributed by atoms with Crippen molar-refractivity contribution in [2.75, 3.05) is 0 Å². The van der Waals surface area contributed by atoms with Gasteiger partial charge in [-0.1, -0.05) is 36.4 Å². The predicted octanol–water partition coefficient (Wildman–Crippen LogP) is 4.07. The molecule has 0 heterocycles. The lowest BCUT2D eigenvalue weighted by Crippen LogP contribution is -2.04. The Labute approximate surface area is 147 Å². The van der Waals surface area contributed by atoms with Crippen LogP contribution in [0.25, 0.3) is 11.1 Å². The van der Waals surface area contributed by atoms with Crippen molar-refractivity contribution in [2.45, 2.75) is 44.9 Å². The van der Waals surface area contributed by atoms with Crippen LogP contribution in [0.3, 0.4) is 0 Å². The Morgan fingerprint density at radius 1 is 0.840 bits per heavy atom. The van der Waals surface area contributed by atoms with Gasteiger partial charge < -0.3 is 10.2 Å². The van der Waals surface area contributed by atoms with Gasteiger partial charge in [-0.15, -0.1) is 0 Å². The standard InChI is InChI=1S/C21H22O4/c22-20(23)9-3-6-14-11-12-18-17-7-2-1-5-15(17)13-19(18)16(14)8-4-10-21(24)25/h1-2,5,7,11-12H,3-4,6,8-10,13H2,(H,22,23)(H,24,25). The summed E-state index contributed by atoms with van der Waals surface area (Å²) in [4.78, 5) is 21.7. The van der Waals surface area contributed by atoms with E-state index in [2.05, 4.69) is 24.3 Å². The molecule has 3 rings (SSSR count). The highest BCUT2D eigenvalue weighted by atomic mass is 16.4. The van der Waals surface area contributed by atoms with Crippen LogP contribution < -0.4 is 0 Å². The summed E-state index contributed by atoms with van der Waals surface area (Å²) in [6.45, 7) is 0. The topological polar surface area (TPSA) is 74.6 Å². The Morgan fingerprint density at radius 2 is 1.52 bits per heavy atom. The molecule has 0 unspecified atom stereocenters. The molecule has 4 heteroatoms. The molecule has 130 valence electrons. The Balaban J connectivity index is 1.89. The Bertz CT molecular complexity index is 808. The van der Waals surface area contributed by atoms with Crippen LogP contribution in [0, 0.1) is 0 Å². The minimum absolute atomic E-state index is 0.158. The van der Waals surface area contributed by atoms with Crippen molar-refractivity contribution in [1.82, 2.24) is 0 Å². The van der Waals surface area contributed by atoms with E-state index in [0.29, 0.717) is 12.8 Å². The van der Waals surface area contributed by atoms with Crippen LogP contribution in [-0.4, -0.2) is 22.2 Å². The second-order valence-corrected chi connectivity index (χ2v) is 6.56. The van der Waals surface area contributed by atoms with Crippen molar-refractivity contribution in [2.24, 2.45) is 0 Å². The van der Waals surface area contributed by atoms with Gasteiger partial charge in [-0.05, 0) is 65.5 Å². The van der Waals surface area contributed by atoms with Gasteiger partial charge in [-0.2, -0.15) is 0 Å². The van der Waals surface area contributed by atoms with E-state index in [1.165, 1.54) is 27.8 Å². The molecular weight excluding hydrogens is 316 g/mol. The van der Waals surface area contributed by atoms with E-state index < -0.39 is 11.9 Å². The summed E-state index contributed by atoms with van der Waals surface area (Å²) in [7, 11) is 0. The maximum absolute atomic E-state index is 10.9. The monoisotopic (exact) mass is 338 g/mol. The molecule has 0 radical (unpaired) electrons. The first-order valence-electron chi connectivity index (χ1n) is 8.71. The molecule has 0 saturated heterocycles. The summed E-state index contributed by atoms with van der Waals surface area (Å²) in [5, 5.41) is 17.8. The van der Waals surface area contributed by atoms with Gasteiger partial charge in [0.25, 0.3) is 0 Å². The number of carboxylic acids is 2. The van der Waals surface area contributed by atoms with Crippen LogP contribution >= 0.6 is 0 Å². The van der Waals surface area contributed by atoms with E-state index in [1.807, 2.05) is 12.1 Å². The van der Waals surface area contributed by atoms with Crippen LogP contribution in [0.15, 0.2) is 36.4 Å². The van der Waals surface area contributed by atoms with Gasteiger partial charge in [-0.25, -0.2) is 0 Å². The normalized spacial score (nSPS) is 11.8. The molecular formula is C21H22O4. The summed E-state index contributed by atoms with van der Waals surface area (Å²) < 4.78 is 0. The van der Waals surface area contributed by atoms with Gasteiger partial charge in [0.15, 0.2) is 0 Å². The number of aliphatic carboxylic acids is 2. The molecule has 0 bridgehead atoms. The summed E-state index contributed by atoms with van der Waals surface area (Å²) >= 11 is 0. The maximum Gasteiger partial charge on any atom is 0.303 e. The number of hydrogen-bond acceptors (Lipinski definition) is 2. The number of benzene rings is 2. The third-order valence-electron chi connectivity index (χ3n) is 4.86. The molecule has 1 aliphatic rings. The lowest BCUT2D eigenvalue weighted by atomic mass is 9.90. The summed E-state index contributed by atoms with van der Waals surface area (Å²) in [5.41, 5.74) is 7.48. The first-order chi connectivity index (χ1) is 12.1. The molecule has 4 nitrogen and oxygen atoms in total. The molecule has 0 aliphatic heterocycles. The van der Waals surface area contributed by atoms with Gasteiger partial charge in [0.05, 0.1) is 0 Å². The third-order valence-corrected chi connectivity index (χ3v) is 4.86. The van der Waals surface area contributed by atoms with E-state index in [4.69, 9.17) is 10.2 Å². The number of fused-ring (bicyclic) bond motifs is 3. The number of carbonyl (C=O) groups is 2. The van der Waals surface area contributed by atoms with Gasteiger partial charge in [0.1, 0.15) is 0 Å². The van der Waals surface area contributed by atoms with Crippen LogP contribution in [0.4, 0.5) is 0 Å². The van der Waals surface area contributed by atoms with Gasteiger partial charge in [0, 0.05) is 12.8 Å². The zero-order chi connectivity index (χ0) is 17.8. The third kappa shape index (κ3) is 3.90. The van der Waals surface area contributed by atoms with E-state index in [9.17, 15) is 9.59 Å². The molecule has 0 amide bonds. The maximum atomic E-state index is 10.9. The highest BCUT2D eigenvalue weighted by molar-refractivity contribution is 5.78. The van der Waals surface area contributed by atoms with Crippen LogP contribution in [0.1, 0.15) is 47.9 Å². The fourth-order valence-electron chi connectivity index (χ4n) is 3.72. The molecule has 1 aliphatic carbocycles. The molecule has 0 atom stereocenters.